The number of hydrogen-bond acceptors (Lipinski definition) is 5. The van der Waals surface area contributed by atoms with Crippen molar-refractivity contribution in [1.29, 1.82) is 0 Å². The van der Waals surface area contributed by atoms with Gasteiger partial charge in [-0.2, -0.15) is 0 Å². The van der Waals surface area contributed by atoms with Gasteiger partial charge >= 0.3 is 0 Å². The number of thiazole rings is 1. The van der Waals surface area contributed by atoms with Crippen molar-refractivity contribution >= 4 is 34.1 Å². The fourth-order valence-corrected chi connectivity index (χ4v) is 3.17. The zero-order valence-corrected chi connectivity index (χ0v) is 13.9. The van der Waals surface area contributed by atoms with Crippen LogP contribution in [0.5, 0.6) is 5.75 Å². The molecule has 112 valence electrons. The van der Waals surface area contributed by atoms with Crippen LogP contribution in [0.25, 0.3) is 0 Å². The molecule has 0 unspecified atom stereocenters. The van der Waals surface area contributed by atoms with E-state index < -0.39 is 0 Å². The average molecular weight is 322 g/mol. The highest BCUT2D eigenvalue weighted by Crippen LogP contribution is 2.23. The second-order valence-corrected chi connectivity index (χ2v) is 6.65. The Labute approximate surface area is 132 Å². The van der Waals surface area contributed by atoms with Gasteiger partial charge in [-0.05, 0) is 30.2 Å². The largest absolute Gasteiger partial charge is 0.497 e. The fourth-order valence-electron chi connectivity index (χ4n) is 1.58. The maximum Gasteiger partial charge on any atom is 0.236 e. The molecule has 0 radical (unpaired) electrons. The van der Waals surface area contributed by atoms with Gasteiger partial charge in [0.25, 0.3) is 0 Å². The van der Waals surface area contributed by atoms with Gasteiger partial charge in [-0.3, -0.25) is 4.79 Å². The van der Waals surface area contributed by atoms with Crippen LogP contribution in [0.3, 0.4) is 0 Å². The molecule has 0 aliphatic rings. The van der Waals surface area contributed by atoms with Gasteiger partial charge in [0.2, 0.25) is 5.91 Å². The van der Waals surface area contributed by atoms with Gasteiger partial charge in [-0.25, -0.2) is 4.98 Å². The highest BCUT2D eigenvalue weighted by atomic mass is 32.2. The Morgan fingerprint density at radius 1 is 1.38 bits per heavy atom. The van der Waals surface area contributed by atoms with E-state index in [0.717, 1.165) is 16.3 Å². The van der Waals surface area contributed by atoms with E-state index in [-0.39, 0.29) is 5.91 Å². The monoisotopic (exact) mass is 322 g/mol. The molecule has 1 amide bonds. The van der Waals surface area contributed by atoms with Gasteiger partial charge in [0.15, 0.2) is 5.13 Å². The summed E-state index contributed by atoms with van der Waals surface area (Å²) in [6.07, 6.45) is 0. The minimum absolute atomic E-state index is 0.0412. The molecule has 0 aliphatic carbocycles. The van der Waals surface area contributed by atoms with Crippen molar-refractivity contribution < 1.29 is 9.53 Å². The summed E-state index contributed by atoms with van der Waals surface area (Å²) in [5.74, 6) is 1.51. The zero-order valence-electron chi connectivity index (χ0n) is 12.3. The van der Waals surface area contributed by atoms with Crippen LogP contribution in [0.4, 0.5) is 5.13 Å². The number of benzene rings is 1. The van der Waals surface area contributed by atoms with Crippen LogP contribution in [-0.4, -0.2) is 23.8 Å². The molecule has 0 atom stereocenters. The van der Waals surface area contributed by atoms with Crippen molar-refractivity contribution in [2.75, 3.05) is 18.2 Å². The number of hydrogen-bond donors (Lipinski definition) is 1. The predicted octanol–water partition coefficient (Wildman–Crippen LogP) is 4.01. The number of rotatable bonds is 6. The number of thioether (sulfide) groups is 1. The van der Waals surface area contributed by atoms with Crippen molar-refractivity contribution in [1.82, 2.24) is 4.98 Å². The number of amides is 1. The van der Waals surface area contributed by atoms with Crippen LogP contribution in [-0.2, 0) is 4.79 Å². The highest BCUT2D eigenvalue weighted by molar-refractivity contribution is 8.00. The Hall–Kier alpha value is -1.53. The number of carbonyl (C=O) groups excluding carboxylic acids is 1. The quantitative estimate of drug-likeness (QED) is 0.817. The van der Waals surface area contributed by atoms with Crippen LogP contribution < -0.4 is 10.1 Å². The molecule has 6 heteroatoms. The first-order chi connectivity index (χ1) is 10.1. The lowest BCUT2D eigenvalue weighted by Gasteiger charge is -2.04. The predicted molar refractivity (Wildman–Crippen MR) is 88.6 cm³/mol. The third-order valence-corrected chi connectivity index (χ3v) is 4.58. The van der Waals surface area contributed by atoms with Gasteiger partial charge in [0, 0.05) is 10.3 Å². The van der Waals surface area contributed by atoms with E-state index in [1.54, 1.807) is 7.11 Å². The van der Waals surface area contributed by atoms with E-state index in [1.165, 1.54) is 23.1 Å². The van der Waals surface area contributed by atoms with Gasteiger partial charge in [-0.1, -0.05) is 13.8 Å². The normalized spacial score (nSPS) is 10.7. The Balaban J connectivity index is 1.83. The number of anilines is 1. The molecule has 4 nitrogen and oxygen atoms in total. The number of methoxy groups -OCH3 is 1. The van der Waals surface area contributed by atoms with Crippen molar-refractivity contribution in [3.8, 4) is 5.75 Å². The molecule has 0 saturated heterocycles. The van der Waals surface area contributed by atoms with E-state index in [9.17, 15) is 4.79 Å². The number of carbonyl (C=O) groups is 1. The van der Waals surface area contributed by atoms with E-state index >= 15 is 0 Å². The van der Waals surface area contributed by atoms with E-state index in [4.69, 9.17) is 4.74 Å². The minimum atomic E-state index is -0.0412. The summed E-state index contributed by atoms with van der Waals surface area (Å²) in [6.45, 7) is 4.17. The Morgan fingerprint density at radius 3 is 2.67 bits per heavy atom. The maximum absolute atomic E-state index is 11.9. The topological polar surface area (TPSA) is 51.2 Å². The third-order valence-electron chi connectivity index (χ3n) is 2.79. The van der Waals surface area contributed by atoms with Gasteiger partial charge < -0.3 is 10.1 Å². The van der Waals surface area contributed by atoms with Crippen molar-refractivity contribution in [3.05, 3.63) is 35.3 Å². The number of aromatic nitrogens is 1. The SMILES string of the molecule is COc1ccc(SCC(=O)Nc2nc(C(C)C)cs2)cc1. The maximum atomic E-state index is 11.9. The fraction of sp³-hybridized carbons (Fsp3) is 0.333. The average Bonchev–Trinajstić information content (AvgIpc) is 2.94. The highest BCUT2D eigenvalue weighted by Gasteiger charge is 2.09. The molecule has 2 aromatic rings. The summed E-state index contributed by atoms with van der Waals surface area (Å²) in [7, 11) is 1.63. The van der Waals surface area contributed by atoms with Crippen LogP contribution >= 0.6 is 23.1 Å². The van der Waals surface area contributed by atoms with Gasteiger partial charge in [0.05, 0.1) is 18.6 Å². The summed E-state index contributed by atoms with van der Waals surface area (Å²) in [4.78, 5) is 17.3. The summed E-state index contributed by atoms with van der Waals surface area (Å²) in [5, 5.41) is 5.48. The molecule has 1 aromatic carbocycles. The van der Waals surface area contributed by atoms with E-state index in [0.29, 0.717) is 16.8 Å². The molecular weight excluding hydrogens is 304 g/mol. The molecule has 21 heavy (non-hydrogen) atoms. The van der Waals surface area contributed by atoms with Crippen molar-refractivity contribution in [2.45, 2.75) is 24.7 Å². The summed E-state index contributed by atoms with van der Waals surface area (Å²) >= 11 is 2.95. The second kappa shape index (κ2) is 7.47. The van der Waals surface area contributed by atoms with Crippen LogP contribution in [0, 0.1) is 0 Å². The minimum Gasteiger partial charge on any atom is -0.497 e. The number of nitrogens with one attached hydrogen (secondary N) is 1. The third kappa shape index (κ3) is 4.75. The Bertz CT molecular complexity index is 594. The Morgan fingerprint density at radius 2 is 2.10 bits per heavy atom. The lowest BCUT2D eigenvalue weighted by molar-refractivity contribution is -0.113. The summed E-state index contributed by atoms with van der Waals surface area (Å²) in [5.41, 5.74) is 1.01. The molecule has 0 bridgehead atoms. The number of ether oxygens (including phenoxy) is 1. The first-order valence-electron chi connectivity index (χ1n) is 6.60. The van der Waals surface area contributed by atoms with E-state index in [2.05, 4.69) is 24.1 Å². The Kier molecular flexibility index (Phi) is 5.64. The standard InChI is InChI=1S/C15H18N2O2S2/c1-10(2)13-8-21-15(16-13)17-14(18)9-20-12-6-4-11(19-3)5-7-12/h4-8,10H,9H2,1-3H3,(H,16,17,18). The zero-order chi connectivity index (χ0) is 15.2. The summed E-state index contributed by atoms with van der Waals surface area (Å²) in [6, 6.07) is 7.65. The smallest absolute Gasteiger partial charge is 0.236 e. The molecule has 1 heterocycles. The molecule has 0 spiro atoms. The van der Waals surface area contributed by atoms with Crippen molar-refractivity contribution in [2.24, 2.45) is 0 Å². The second-order valence-electron chi connectivity index (χ2n) is 4.74. The van der Waals surface area contributed by atoms with Crippen LogP contribution in [0.1, 0.15) is 25.5 Å². The van der Waals surface area contributed by atoms with Crippen LogP contribution in [0.2, 0.25) is 0 Å². The van der Waals surface area contributed by atoms with Crippen LogP contribution in [0.15, 0.2) is 34.5 Å². The lowest BCUT2D eigenvalue weighted by Crippen LogP contribution is -2.13. The molecule has 2 rings (SSSR count). The number of nitrogens with zero attached hydrogens (tertiary/aromatic N) is 1. The molecule has 1 N–H and O–H groups in total. The molecular formula is C15H18N2O2S2. The van der Waals surface area contributed by atoms with Gasteiger partial charge in [0.1, 0.15) is 5.75 Å². The summed E-state index contributed by atoms with van der Waals surface area (Å²) < 4.78 is 5.10. The molecule has 0 saturated carbocycles. The lowest BCUT2D eigenvalue weighted by atomic mass is 10.2. The van der Waals surface area contributed by atoms with E-state index in [1.807, 2.05) is 29.6 Å². The van der Waals surface area contributed by atoms with Gasteiger partial charge in [-0.15, -0.1) is 23.1 Å². The first-order valence-corrected chi connectivity index (χ1v) is 8.47. The first kappa shape index (κ1) is 15.9. The molecule has 1 aromatic heterocycles. The van der Waals surface area contributed by atoms with Crippen molar-refractivity contribution in [3.63, 3.8) is 0 Å². The molecule has 0 fully saturated rings. The molecule has 0 aliphatic heterocycles.